The number of rotatable bonds is 9. The first kappa shape index (κ1) is 28.6. The monoisotopic (exact) mass is 575 g/mol. The molecule has 0 amide bonds. The van der Waals surface area contributed by atoms with Crippen molar-refractivity contribution in [2.75, 3.05) is 62.3 Å². The third-order valence-corrected chi connectivity index (χ3v) is 9.00. The number of nitrogens with one attached hydrogen (secondary N) is 2. The fourth-order valence-electron chi connectivity index (χ4n) is 5.15. The second-order valence-corrected chi connectivity index (χ2v) is 13.7. The number of aryl methyl sites for hydroxylation is 2. The smallest absolute Gasteiger partial charge is 0.229 e. The highest BCUT2D eigenvalue weighted by Crippen LogP contribution is 2.42. The molecule has 5 rings (SSSR count). The molecule has 2 aromatic carbocycles. The summed E-state index contributed by atoms with van der Waals surface area (Å²) in [5.74, 6) is 1.67. The molecule has 10 nitrogen and oxygen atoms in total. The molecule has 0 spiro atoms. The zero-order chi connectivity index (χ0) is 29.1. The van der Waals surface area contributed by atoms with E-state index in [-0.39, 0.29) is 0 Å². The average molecular weight is 576 g/mol. The van der Waals surface area contributed by atoms with E-state index in [0.29, 0.717) is 30.7 Å². The van der Waals surface area contributed by atoms with Crippen molar-refractivity contribution in [3.05, 3.63) is 60.0 Å². The van der Waals surface area contributed by atoms with E-state index in [4.69, 9.17) is 14.5 Å². The Morgan fingerprint density at radius 1 is 1.07 bits per heavy atom. The number of morpholine rings is 1. The van der Waals surface area contributed by atoms with E-state index in [2.05, 4.69) is 50.9 Å². The summed E-state index contributed by atoms with van der Waals surface area (Å²) >= 11 is 0. The minimum atomic E-state index is -2.54. The highest BCUT2D eigenvalue weighted by Gasteiger charge is 2.22. The van der Waals surface area contributed by atoms with Gasteiger partial charge in [-0.25, -0.2) is 4.98 Å². The summed E-state index contributed by atoms with van der Waals surface area (Å²) in [5, 5.41) is 12.1. The van der Waals surface area contributed by atoms with Crippen LogP contribution in [0.3, 0.4) is 0 Å². The van der Waals surface area contributed by atoms with Crippen molar-refractivity contribution >= 4 is 41.3 Å². The quantitative estimate of drug-likeness (QED) is 0.248. The van der Waals surface area contributed by atoms with E-state index in [1.54, 1.807) is 32.7 Å². The Morgan fingerprint density at radius 2 is 1.85 bits per heavy atom. The molecule has 1 aliphatic rings. The largest absolute Gasteiger partial charge is 0.494 e. The molecule has 216 valence electrons. The maximum absolute atomic E-state index is 13.2. The summed E-state index contributed by atoms with van der Waals surface area (Å²) in [4.78, 5) is 11.5. The van der Waals surface area contributed by atoms with Gasteiger partial charge in [-0.3, -0.25) is 4.68 Å². The second-order valence-electron chi connectivity index (χ2n) is 10.5. The molecule has 0 radical (unpaired) electrons. The fraction of sp³-hybridized carbons (Fsp3) is 0.367. The van der Waals surface area contributed by atoms with Crippen molar-refractivity contribution in [3.63, 3.8) is 0 Å². The van der Waals surface area contributed by atoms with Crippen LogP contribution in [0.15, 0.2) is 48.9 Å². The van der Waals surface area contributed by atoms with E-state index in [9.17, 15) is 4.57 Å². The molecule has 3 heterocycles. The van der Waals surface area contributed by atoms with Gasteiger partial charge in [0.15, 0.2) is 0 Å². The third kappa shape index (κ3) is 6.24. The summed E-state index contributed by atoms with van der Waals surface area (Å²) in [5.41, 5.74) is 6.76. The molecule has 0 atom stereocenters. The van der Waals surface area contributed by atoms with Gasteiger partial charge in [-0.15, -0.1) is 0 Å². The van der Waals surface area contributed by atoms with E-state index in [1.165, 1.54) is 0 Å². The van der Waals surface area contributed by atoms with E-state index < -0.39 is 7.14 Å². The van der Waals surface area contributed by atoms with Gasteiger partial charge >= 0.3 is 0 Å². The standard InChI is InChI=1S/C30H38N7O3P/c1-7-37-19-22(18-32-37)23-16-25(27(39-4)17-26(23)36-12-14-40-15-13-36)34-30-31-11-10-28(35-30)33-24-9-8-20(2)21(3)29(24)41(5,6)38/h8-11,16-19H,7,12-15H2,1-6H3,(H2,31,33,34,35). The van der Waals surface area contributed by atoms with E-state index in [1.807, 2.05) is 36.9 Å². The zero-order valence-corrected chi connectivity index (χ0v) is 25.5. The van der Waals surface area contributed by atoms with Crippen LogP contribution in [0.1, 0.15) is 18.1 Å². The summed E-state index contributed by atoms with van der Waals surface area (Å²) in [7, 11) is -0.885. The van der Waals surface area contributed by atoms with Crippen molar-refractivity contribution in [1.82, 2.24) is 19.7 Å². The van der Waals surface area contributed by atoms with Gasteiger partial charge in [0.1, 0.15) is 18.7 Å². The normalized spacial score (nSPS) is 13.8. The number of hydrogen-bond acceptors (Lipinski definition) is 9. The van der Waals surface area contributed by atoms with Crippen LogP contribution in [0.25, 0.3) is 11.1 Å². The predicted octanol–water partition coefficient (Wildman–Crippen LogP) is 5.56. The number of ether oxygens (including phenoxy) is 2. The number of aromatic nitrogens is 4. The van der Waals surface area contributed by atoms with Crippen LogP contribution in [0.2, 0.25) is 0 Å². The van der Waals surface area contributed by atoms with Gasteiger partial charge in [-0.1, -0.05) is 6.07 Å². The van der Waals surface area contributed by atoms with Gasteiger partial charge in [0.05, 0.1) is 37.9 Å². The van der Waals surface area contributed by atoms with Crippen LogP contribution in [-0.4, -0.2) is 66.5 Å². The SMILES string of the molecule is CCn1cc(-c2cc(Nc3nccc(Nc4ccc(C)c(C)c4P(C)(C)=O)n3)c(OC)cc2N2CCOCC2)cn1. The fourth-order valence-corrected chi connectivity index (χ4v) is 6.85. The van der Waals surface area contributed by atoms with Crippen molar-refractivity contribution < 1.29 is 14.0 Å². The van der Waals surface area contributed by atoms with Crippen LogP contribution in [0, 0.1) is 13.8 Å². The van der Waals surface area contributed by atoms with Crippen molar-refractivity contribution in [2.24, 2.45) is 0 Å². The second kappa shape index (κ2) is 11.9. The minimum Gasteiger partial charge on any atom is -0.494 e. The molecule has 2 aromatic heterocycles. The van der Waals surface area contributed by atoms with Crippen LogP contribution < -0.4 is 25.6 Å². The molecule has 11 heteroatoms. The summed E-state index contributed by atoms with van der Waals surface area (Å²) < 4.78 is 26.5. The first-order valence-electron chi connectivity index (χ1n) is 13.8. The lowest BCUT2D eigenvalue weighted by molar-refractivity contribution is 0.122. The van der Waals surface area contributed by atoms with E-state index in [0.717, 1.165) is 64.3 Å². The molecule has 0 bridgehead atoms. The molecule has 4 aromatic rings. The molecule has 41 heavy (non-hydrogen) atoms. The highest BCUT2D eigenvalue weighted by atomic mass is 31.2. The van der Waals surface area contributed by atoms with E-state index >= 15 is 0 Å². The first-order valence-corrected chi connectivity index (χ1v) is 16.4. The number of nitrogens with zero attached hydrogens (tertiary/aromatic N) is 5. The molecule has 0 unspecified atom stereocenters. The molecular formula is C30H38N7O3P. The summed E-state index contributed by atoms with van der Waals surface area (Å²) in [6.45, 7) is 13.4. The van der Waals surface area contributed by atoms with Gasteiger partial charge in [0, 0.05) is 60.2 Å². The lowest BCUT2D eigenvalue weighted by Gasteiger charge is -2.31. The van der Waals surface area contributed by atoms with Gasteiger partial charge < -0.3 is 29.6 Å². The minimum absolute atomic E-state index is 0.407. The zero-order valence-electron chi connectivity index (χ0n) is 24.6. The van der Waals surface area contributed by atoms with Gasteiger partial charge in [0.2, 0.25) is 5.95 Å². The Morgan fingerprint density at radius 3 is 2.54 bits per heavy atom. The predicted molar refractivity (Wildman–Crippen MR) is 167 cm³/mol. The van der Waals surface area contributed by atoms with Crippen LogP contribution >= 0.6 is 7.14 Å². The Labute approximate surface area is 241 Å². The molecule has 1 saturated heterocycles. The molecule has 1 fully saturated rings. The van der Waals surface area contributed by atoms with Crippen LogP contribution in [0.4, 0.5) is 28.8 Å². The molecular weight excluding hydrogens is 537 g/mol. The van der Waals surface area contributed by atoms with Gasteiger partial charge in [-0.2, -0.15) is 10.1 Å². The van der Waals surface area contributed by atoms with Gasteiger partial charge in [0.25, 0.3) is 0 Å². The summed E-state index contributed by atoms with van der Waals surface area (Å²) in [6, 6.07) is 9.90. The molecule has 2 N–H and O–H groups in total. The van der Waals surface area contributed by atoms with Crippen LogP contribution in [-0.2, 0) is 15.8 Å². The van der Waals surface area contributed by atoms with Crippen LogP contribution in [0.5, 0.6) is 5.75 Å². The Kier molecular flexibility index (Phi) is 8.33. The summed E-state index contributed by atoms with van der Waals surface area (Å²) in [6.07, 6.45) is 5.63. The number of methoxy groups -OCH3 is 1. The first-order chi connectivity index (χ1) is 19.7. The Hall–Kier alpha value is -3.88. The highest BCUT2D eigenvalue weighted by molar-refractivity contribution is 7.70. The molecule has 0 saturated carbocycles. The van der Waals surface area contributed by atoms with Gasteiger partial charge in [-0.05, 0) is 63.4 Å². The van der Waals surface area contributed by atoms with Crippen molar-refractivity contribution in [3.8, 4) is 16.9 Å². The van der Waals surface area contributed by atoms with Crippen molar-refractivity contribution in [2.45, 2.75) is 27.3 Å². The average Bonchev–Trinajstić information content (AvgIpc) is 3.44. The number of hydrogen-bond donors (Lipinski definition) is 2. The third-order valence-electron chi connectivity index (χ3n) is 7.34. The lowest BCUT2D eigenvalue weighted by atomic mass is 10.0. The lowest BCUT2D eigenvalue weighted by Crippen LogP contribution is -2.36. The molecule has 1 aliphatic heterocycles. The maximum Gasteiger partial charge on any atom is 0.229 e. The number of benzene rings is 2. The van der Waals surface area contributed by atoms with Crippen molar-refractivity contribution in [1.29, 1.82) is 0 Å². The Balaban J connectivity index is 1.50. The topological polar surface area (TPSA) is 106 Å². The maximum atomic E-state index is 13.2. The molecule has 0 aliphatic carbocycles. The Bertz CT molecular complexity index is 1590. The number of anilines is 5.